The van der Waals surface area contributed by atoms with E-state index in [0.29, 0.717) is 12.5 Å². The molecule has 0 amide bonds. The Morgan fingerprint density at radius 1 is 1.16 bits per heavy atom. The quantitative estimate of drug-likeness (QED) is 0.588. The molecule has 0 spiro atoms. The second-order valence-electron chi connectivity index (χ2n) is 5.42. The zero-order valence-electron chi connectivity index (χ0n) is 11.6. The average Bonchev–Trinajstić information content (AvgIpc) is 2.17. The first-order valence-electron chi connectivity index (χ1n) is 5.72. The van der Waals surface area contributed by atoms with E-state index >= 15 is 0 Å². The fourth-order valence-corrected chi connectivity index (χ4v) is 1.37. The van der Waals surface area contributed by atoms with Gasteiger partial charge in [0, 0.05) is 0 Å². The van der Waals surface area contributed by atoms with Crippen LogP contribution in [0.4, 0.5) is 17.3 Å². The van der Waals surface area contributed by atoms with Gasteiger partial charge >= 0.3 is 58.4 Å². The predicted octanol–water partition coefficient (Wildman–Crippen LogP) is 0.699. The van der Waals surface area contributed by atoms with Gasteiger partial charge in [-0.2, -0.15) is 0 Å². The first kappa shape index (κ1) is 19.4. The summed E-state index contributed by atoms with van der Waals surface area (Å²) in [6.45, 7) is 0.810. The van der Waals surface area contributed by atoms with Gasteiger partial charge in [0.05, 0.1) is 12.4 Å². The van der Waals surface area contributed by atoms with Crippen LogP contribution in [0.5, 0.6) is 5.75 Å². The maximum atomic E-state index is 12.8. The molecule has 0 radical (unpaired) electrons. The van der Waals surface area contributed by atoms with Crippen molar-refractivity contribution in [2.24, 2.45) is 5.41 Å². The van der Waals surface area contributed by atoms with Crippen LogP contribution in [0.25, 0.3) is 0 Å². The minimum Gasteiger partial charge on any atom is -0.497 e. The molecule has 19 heavy (non-hydrogen) atoms. The van der Waals surface area contributed by atoms with Gasteiger partial charge in [-0.25, -0.2) is 4.39 Å². The van der Waals surface area contributed by atoms with Gasteiger partial charge in [0.1, 0.15) is 5.82 Å². The van der Waals surface area contributed by atoms with Gasteiger partial charge < -0.3 is 17.7 Å². The zero-order chi connectivity index (χ0) is 14.0. The molecule has 0 N–H and O–H groups in total. The smallest absolute Gasteiger partial charge is 0.497 e. The molecule has 7 heteroatoms. The van der Waals surface area contributed by atoms with Crippen LogP contribution in [0, 0.1) is 11.2 Å². The van der Waals surface area contributed by atoms with E-state index < -0.39 is 18.3 Å². The van der Waals surface area contributed by atoms with Crippen molar-refractivity contribution in [3.63, 3.8) is 0 Å². The van der Waals surface area contributed by atoms with Crippen LogP contribution < -0.4 is 61.6 Å². The summed E-state index contributed by atoms with van der Waals surface area (Å²) in [7, 11) is 0. The first-order chi connectivity index (χ1) is 8.09. The van der Waals surface area contributed by atoms with Crippen molar-refractivity contribution in [1.82, 2.24) is 0 Å². The normalized spacial score (nSPS) is 11.9. The van der Waals surface area contributed by atoms with Gasteiger partial charge in [-0.05, 0) is 30.0 Å². The first-order valence-corrected chi connectivity index (χ1v) is 5.72. The van der Waals surface area contributed by atoms with Crippen molar-refractivity contribution in [2.45, 2.75) is 27.2 Å². The molecule has 0 unspecified atom stereocenters. The van der Waals surface area contributed by atoms with Gasteiger partial charge in [0.25, 0.3) is 0 Å². The number of halogens is 4. The Kier molecular flexibility index (Phi) is 7.62. The molecule has 1 rings (SSSR count). The summed E-state index contributed by atoms with van der Waals surface area (Å²) >= 11 is 0. The molecule has 0 fully saturated rings. The van der Waals surface area contributed by atoms with Crippen LogP contribution >= 0.6 is 0 Å². The molecule has 0 heterocycles. The van der Waals surface area contributed by atoms with E-state index in [-0.39, 0.29) is 69.2 Å². The molecular formula is C12H16BF4KO. The van der Waals surface area contributed by atoms with E-state index in [9.17, 15) is 17.3 Å². The summed E-state index contributed by atoms with van der Waals surface area (Å²) in [5, 5.41) is 0. The molecule has 1 aromatic rings. The summed E-state index contributed by atoms with van der Waals surface area (Å²) in [5.74, 6) is -1.21. The number of hydrogen-bond acceptors (Lipinski definition) is 1. The number of hydrogen-bond donors (Lipinski definition) is 0. The largest absolute Gasteiger partial charge is 1.00 e. The van der Waals surface area contributed by atoms with Crippen LogP contribution in [0.15, 0.2) is 18.2 Å². The van der Waals surface area contributed by atoms with Crippen LogP contribution in [-0.2, 0) is 0 Å². The summed E-state index contributed by atoms with van der Waals surface area (Å²) in [6.07, 6.45) is 0.620. The summed E-state index contributed by atoms with van der Waals surface area (Å²) in [4.78, 5) is 0. The number of ether oxygens (including phenoxy) is 1. The Bertz CT molecular complexity index is 415. The van der Waals surface area contributed by atoms with Crippen molar-refractivity contribution in [2.75, 3.05) is 6.61 Å². The molecule has 0 atom stereocenters. The molecule has 0 aromatic heterocycles. The Balaban J connectivity index is 0.00000324. The van der Waals surface area contributed by atoms with Crippen molar-refractivity contribution >= 4 is 12.4 Å². The van der Waals surface area contributed by atoms with Gasteiger partial charge in [-0.15, -0.1) is 0 Å². The fraction of sp³-hybridized carbons (Fsp3) is 0.500. The molecule has 0 aliphatic carbocycles. The maximum absolute atomic E-state index is 12.8. The topological polar surface area (TPSA) is 9.23 Å². The number of benzene rings is 1. The Morgan fingerprint density at radius 3 is 2.21 bits per heavy atom. The zero-order valence-corrected chi connectivity index (χ0v) is 14.8. The Hall–Kier alpha value is 0.441. The predicted molar refractivity (Wildman–Crippen MR) is 64.7 cm³/mol. The monoisotopic (exact) mass is 302 g/mol. The van der Waals surface area contributed by atoms with Crippen LogP contribution in [0.3, 0.4) is 0 Å². The van der Waals surface area contributed by atoms with Gasteiger partial charge in [-0.3, -0.25) is 0 Å². The van der Waals surface area contributed by atoms with Crippen molar-refractivity contribution in [3.05, 3.63) is 24.0 Å². The van der Waals surface area contributed by atoms with E-state index in [1.807, 2.05) is 20.8 Å². The van der Waals surface area contributed by atoms with Crippen LogP contribution in [0.1, 0.15) is 27.2 Å². The molecule has 0 aliphatic heterocycles. The molecule has 102 valence electrons. The number of rotatable bonds is 4. The third kappa shape index (κ3) is 7.13. The summed E-state index contributed by atoms with van der Waals surface area (Å²) in [6, 6.07) is 2.48. The van der Waals surface area contributed by atoms with E-state index in [4.69, 9.17) is 4.74 Å². The minimum atomic E-state index is -5.27. The molecule has 0 saturated heterocycles. The second kappa shape index (κ2) is 7.45. The van der Waals surface area contributed by atoms with Gasteiger partial charge in [0.15, 0.2) is 0 Å². The molecule has 0 saturated carbocycles. The Morgan fingerprint density at radius 2 is 1.74 bits per heavy atom. The molecule has 0 aliphatic rings. The van der Waals surface area contributed by atoms with E-state index in [0.717, 1.165) is 12.1 Å². The van der Waals surface area contributed by atoms with E-state index in [2.05, 4.69) is 0 Å². The van der Waals surface area contributed by atoms with Crippen LogP contribution in [-0.4, -0.2) is 13.6 Å². The van der Waals surface area contributed by atoms with Crippen molar-refractivity contribution < 1.29 is 73.5 Å². The third-order valence-corrected chi connectivity index (χ3v) is 2.43. The SMILES string of the molecule is CC(C)(C)CCOc1ccc(F)cc1[B-](F)(F)F.[K+]. The van der Waals surface area contributed by atoms with Gasteiger partial charge in [0.2, 0.25) is 0 Å². The third-order valence-electron chi connectivity index (χ3n) is 2.43. The molecule has 1 aromatic carbocycles. The molecule has 0 bridgehead atoms. The minimum absolute atomic E-state index is 0. The van der Waals surface area contributed by atoms with Crippen LogP contribution in [0.2, 0.25) is 0 Å². The summed E-state index contributed by atoms with van der Waals surface area (Å²) in [5.41, 5.74) is -1.03. The second-order valence-corrected chi connectivity index (χ2v) is 5.42. The molecular weight excluding hydrogens is 286 g/mol. The average molecular weight is 302 g/mol. The van der Waals surface area contributed by atoms with Crippen molar-refractivity contribution in [3.8, 4) is 5.75 Å². The maximum Gasteiger partial charge on any atom is 1.00 e. The fourth-order valence-electron chi connectivity index (χ4n) is 1.37. The van der Waals surface area contributed by atoms with E-state index in [1.165, 1.54) is 0 Å². The standard InChI is InChI=1S/C12H16BF4O.K/c1-12(2,3)6-7-18-11-5-4-9(14)8-10(11)13(15,16)17;/h4-5,8H,6-7H2,1-3H3;/q-1;+1. The Labute approximate surface area is 153 Å². The summed E-state index contributed by atoms with van der Waals surface area (Å²) < 4.78 is 56.1. The van der Waals surface area contributed by atoms with E-state index in [1.54, 1.807) is 0 Å². The van der Waals surface area contributed by atoms with Crippen molar-refractivity contribution in [1.29, 1.82) is 0 Å². The molecule has 1 nitrogen and oxygen atoms in total. The van der Waals surface area contributed by atoms with Gasteiger partial charge in [-0.1, -0.05) is 26.2 Å².